The first-order chi connectivity index (χ1) is 17.9. The fourth-order valence-electron chi connectivity index (χ4n) is 4.67. The fourth-order valence-corrected chi connectivity index (χ4v) is 6.76. The fraction of sp³-hybridized carbons (Fsp3) is 0.520. The van der Waals surface area contributed by atoms with Gasteiger partial charge in [0.1, 0.15) is 11.0 Å². The molecule has 8 nitrogen and oxygen atoms in total. The predicted octanol–water partition coefficient (Wildman–Crippen LogP) is 7.31. The van der Waals surface area contributed by atoms with Crippen molar-refractivity contribution in [3.8, 4) is 0 Å². The number of pyridine rings is 1. The molecule has 1 atom stereocenters. The molecule has 1 saturated carbocycles. The molecule has 39 heavy (non-hydrogen) atoms. The molecule has 1 fully saturated rings. The molecular formula is C25H29Cl2F3N6O2Si. The molecule has 1 aliphatic carbocycles. The van der Waals surface area contributed by atoms with Gasteiger partial charge in [-0.1, -0.05) is 44.0 Å². The van der Waals surface area contributed by atoms with E-state index in [1.165, 1.54) is 18.5 Å². The summed E-state index contributed by atoms with van der Waals surface area (Å²) in [5.41, 5.74) is -2.21. The monoisotopic (exact) mass is 600 g/mol. The number of hydrogen-bond donors (Lipinski definition) is 1. The summed E-state index contributed by atoms with van der Waals surface area (Å²) >= 11 is 12.6. The molecule has 4 heterocycles. The highest BCUT2D eigenvalue weighted by Crippen LogP contribution is 2.55. The molecule has 14 heteroatoms. The van der Waals surface area contributed by atoms with Gasteiger partial charge in [-0.3, -0.25) is 9.88 Å². The lowest BCUT2D eigenvalue weighted by Crippen LogP contribution is -2.46. The number of nitrogens with zero attached hydrogens (tertiary/aromatic N) is 5. The van der Waals surface area contributed by atoms with E-state index in [4.69, 9.17) is 27.6 Å². The highest BCUT2D eigenvalue weighted by atomic mass is 35.5. The van der Waals surface area contributed by atoms with Crippen LogP contribution in [0.4, 0.5) is 29.3 Å². The molecular weight excluding hydrogens is 572 g/mol. The molecule has 0 saturated heterocycles. The quantitative estimate of drug-likeness (QED) is 0.317. The van der Waals surface area contributed by atoms with Crippen LogP contribution in [0, 0.1) is 0 Å². The van der Waals surface area contributed by atoms with Crippen molar-refractivity contribution in [3.63, 3.8) is 0 Å². The van der Waals surface area contributed by atoms with Gasteiger partial charge in [0.2, 0.25) is 0 Å². The number of nitrogens with one attached hydrogen (secondary N) is 1. The van der Waals surface area contributed by atoms with Gasteiger partial charge in [0.25, 0.3) is 0 Å². The number of rotatable bonds is 4. The Morgan fingerprint density at radius 2 is 1.79 bits per heavy atom. The van der Waals surface area contributed by atoms with Gasteiger partial charge in [-0.05, 0) is 44.0 Å². The summed E-state index contributed by atoms with van der Waals surface area (Å²) in [6.45, 7) is 11.2. The van der Waals surface area contributed by atoms with Crippen LogP contribution in [0.5, 0.6) is 0 Å². The van der Waals surface area contributed by atoms with Crippen LogP contribution in [0.15, 0.2) is 24.5 Å². The maximum atomic E-state index is 14.3. The van der Waals surface area contributed by atoms with Crippen LogP contribution < -0.4 is 10.2 Å². The zero-order valence-electron chi connectivity index (χ0n) is 22.4. The van der Waals surface area contributed by atoms with Crippen LogP contribution in [-0.2, 0) is 15.4 Å². The van der Waals surface area contributed by atoms with Crippen LogP contribution in [0.25, 0.3) is 5.65 Å². The van der Waals surface area contributed by atoms with Crippen molar-refractivity contribution >= 4 is 54.6 Å². The van der Waals surface area contributed by atoms with Gasteiger partial charge in [-0.25, -0.2) is 14.3 Å². The maximum Gasteiger partial charge on any atom is 0.401 e. The van der Waals surface area contributed by atoms with E-state index in [1.54, 1.807) is 6.07 Å². The van der Waals surface area contributed by atoms with E-state index in [0.717, 1.165) is 29.2 Å². The summed E-state index contributed by atoms with van der Waals surface area (Å²) in [6.07, 6.45) is -0.431. The van der Waals surface area contributed by atoms with Gasteiger partial charge in [0, 0.05) is 12.6 Å². The number of aromatic nitrogens is 4. The standard InChI is InChI=1S/C25H29Cl2F3N6O2Si/c1-22(2,3)39(5,6)38-24(7-8-24)19-15(26)9-14(11-32-19)33-21(37)35-13-23(4,25(28,29)30)20-16(35)12-31-18-10-17(27)34-36(18)20/h9-12H,7-8,13H2,1-6H3,(H,33,37). The van der Waals surface area contributed by atoms with Crippen LogP contribution in [0.3, 0.4) is 0 Å². The SMILES string of the molecule is CC1(C(F)(F)F)CN(C(=O)Nc2cnc(C3(O[Si](C)(C)C(C)(C)C)CC3)c(Cl)c2)c2cnc3cc(Cl)nn3c21. The largest absolute Gasteiger partial charge is 0.406 e. The van der Waals surface area contributed by atoms with Crippen molar-refractivity contribution in [1.82, 2.24) is 19.6 Å². The minimum Gasteiger partial charge on any atom is -0.406 e. The Labute approximate surface area is 235 Å². The molecule has 210 valence electrons. The van der Waals surface area contributed by atoms with E-state index in [9.17, 15) is 18.0 Å². The molecule has 0 radical (unpaired) electrons. The minimum absolute atomic E-state index is 0.00184. The van der Waals surface area contributed by atoms with E-state index >= 15 is 0 Å². The molecule has 0 aromatic carbocycles. The molecule has 0 bridgehead atoms. The van der Waals surface area contributed by atoms with Gasteiger partial charge in [-0.2, -0.15) is 18.3 Å². The van der Waals surface area contributed by atoms with Crippen LogP contribution in [-0.4, -0.2) is 46.7 Å². The van der Waals surface area contributed by atoms with E-state index in [2.05, 4.69) is 54.2 Å². The normalized spacial score (nSPS) is 20.8. The zero-order valence-corrected chi connectivity index (χ0v) is 24.9. The lowest BCUT2D eigenvalue weighted by Gasteiger charge is -2.39. The first-order valence-electron chi connectivity index (χ1n) is 12.4. The minimum atomic E-state index is -4.68. The average molecular weight is 602 g/mol. The van der Waals surface area contributed by atoms with Crippen molar-refractivity contribution in [1.29, 1.82) is 0 Å². The Balaban J connectivity index is 1.43. The second kappa shape index (κ2) is 8.79. The number of halogens is 5. The van der Waals surface area contributed by atoms with Gasteiger partial charge >= 0.3 is 12.2 Å². The summed E-state index contributed by atoms with van der Waals surface area (Å²) in [5.74, 6) is 0. The summed E-state index contributed by atoms with van der Waals surface area (Å²) in [7, 11) is -2.11. The zero-order chi connectivity index (χ0) is 28.8. The number of urea groups is 1. The maximum absolute atomic E-state index is 14.3. The number of amides is 2. The molecule has 3 aromatic heterocycles. The number of carbonyl (C=O) groups excluding carboxylic acids is 1. The van der Waals surface area contributed by atoms with Gasteiger partial charge in [0.15, 0.2) is 19.1 Å². The topological polar surface area (TPSA) is 84.7 Å². The van der Waals surface area contributed by atoms with Gasteiger partial charge < -0.3 is 9.74 Å². The number of alkyl halides is 3. The van der Waals surface area contributed by atoms with Crippen molar-refractivity contribution < 1.29 is 22.4 Å². The number of carbonyl (C=O) groups is 1. The predicted molar refractivity (Wildman–Crippen MR) is 146 cm³/mol. The van der Waals surface area contributed by atoms with Gasteiger partial charge in [0.05, 0.1) is 40.2 Å². The Hall–Kier alpha value is -2.41. The Morgan fingerprint density at radius 1 is 1.13 bits per heavy atom. The lowest BCUT2D eigenvalue weighted by atomic mass is 9.88. The van der Waals surface area contributed by atoms with Crippen molar-refractivity contribution in [2.45, 2.75) is 75.9 Å². The third-order valence-electron chi connectivity index (χ3n) is 8.08. The number of fused-ring (bicyclic) bond motifs is 3. The number of anilines is 2. The molecule has 3 aromatic rings. The highest BCUT2D eigenvalue weighted by molar-refractivity contribution is 6.74. The van der Waals surface area contributed by atoms with Crippen molar-refractivity contribution in [2.24, 2.45) is 0 Å². The van der Waals surface area contributed by atoms with E-state index in [-0.39, 0.29) is 32.9 Å². The smallest absolute Gasteiger partial charge is 0.401 e. The Bertz CT molecular complexity index is 1480. The molecule has 1 N–H and O–H groups in total. The Morgan fingerprint density at radius 3 is 2.36 bits per heavy atom. The first-order valence-corrected chi connectivity index (χ1v) is 16.1. The second-order valence-corrected chi connectivity index (χ2v) is 17.5. The molecule has 0 spiro atoms. The lowest BCUT2D eigenvalue weighted by molar-refractivity contribution is -0.181. The summed E-state index contributed by atoms with van der Waals surface area (Å²) < 4.78 is 50.7. The number of hydrogen-bond acceptors (Lipinski definition) is 5. The summed E-state index contributed by atoms with van der Waals surface area (Å²) in [4.78, 5) is 23.0. The molecule has 2 amide bonds. The molecule has 5 rings (SSSR count). The van der Waals surface area contributed by atoms with Gasteiger partial charge in [-0.15, -0.1) is 0 Å². The average Bonchev–Trinajstić information content (AvgIpc) is 3.32. The van der Waals surface area contributed by atoms with E-state index < -0.39 is 38.1 Å². The van der Waals surface area contributed by atoms with Crippen molar-refractivity contribution in [3.05, 3.63) is 46.1 Å². The molecule has 1 unspecified atom stereocenters. The van der Waals surface area contributed by atoms with E-state index in [0.29, 0.717) is 10.7 Å². The second-order valence-electron chi connectivity index (χ2n) is 12.0. The first kappa shape index (κ1) is 28.1. The third kappa shape index (κ3) is 4.58. The molecule has 2 aliphatic rings. The third-order valence-corrected chi connectivity index (χ3v) is 13.1. The van der Waals surface area contributed by atoms with Crippen LogP contribution in [0.2, 0.25) is 28.3 Å². The Kier molecular flexibility index (Phi) is 6.34. The highest BCUT2D eigenvalue weighted by Gasteiger charge is 2.60. The van der Waals surface area contributed by atoms with Crippen LogP contribution in [0.1, 0.15) is 51.9 Å². The molecule has 1 aliphatic heterocycles. The van der Waals surface area contributed by atoms with E-state index in [1.807, 2.05) is 0 Å². The summed E-state index contributed by atoms with van der Waals surface area (Å²) in [6, 6.07) is 2.12. The van der Waals surface area contributed by atoms with Crippen LogP contribution >= 0.6 is 23.2 Å². The summed E-state index contributed by atoms with van der Waals surface area (Å²) in [5, 5.41) is 6.94. The van der Waals surface area contributed by atoms with Crippen molar-refractivity contribution in [2.75, 3.05) is 16.8 Å².